The Kier molecular flexibility index (Phi) is 6.59. The Labute approximate surface area is 177 Å². The lowest BCUT2D eigenvalue weighted by Crippen LogP contribution is -2.55. The number of carbonyl (C=O) groups is 2. The van der Waals surface area contributed by atoms with Gasteiger partial charge in [0.15, 0.2) is 0 Å². The number of benzene rings is 1. The molecule has 0 spiro atoms. The van der Waals surface area contributed by atoms with E-state index in [1.807, 2.05) is 43.5 Å². The van der Waals surface area contributed by atoms with Gasteiger partial charge in [0, 0.05) is 24.0 Å². The minimum atomic E-state index is -0.652. The Morgan fingerprint density at radius 1 is 1.21 bits per heavy atom. The summed E-state index contributed by atoms with van der Waals surface area (Å²) < 4.78 is 1.80. The second-order valence-corrected chi connectivity index (χ2v) is 7.81. The Morgan fingerprint density at radius 2 is 1.90 bits per heavy atom. The van der Waals surface area contributed by atoms with Crippen LogP contribution in [0, 0.1) is 5.92 Å². The maximum Gasteiger partial charge on any atom is 0.248 e. The van der Waals surface area contributed by atoms with Crippen LogP contribution in [0.1, 0.15) is 44.2 Å². The van der Waals surface area contributed by atoms with Gasteiger partial charge < -0.3 is 16.0 Å². The van der Waals surface area contributed by atoms with E-state index in [1.54, 1.807) is 10.9 Å². The highest BCUT2D eigenvalue weighted by Gasteiger charge is 2.42. The van der Waals surface area contributed by atoms with E-state index >= 15 is 0 Å². The van der Waals surface area contributed by atoms with Crippen LogP contribution in [-0.4, -0.2) is 34.7 Å². The van der Waals surface area contributed by atoms with Crippen molar-refractivity contribution < 1.29 is 9.59 Å². The molecule has 156 valence electrons. The second-order valence-electron chi connectivity index (χ2n) is 7.81. The van der Waals surface area contributed by atoms with Gasteiger partial charge in [-0.05, 0) is 69.5 Å². The van der Waals surface area contributed by atoms with Crippen LogP contribution in [0.2, 0.25) is 0 Å². The standard InChI is InChI=1S/C21H27N5O2.ClH/c1-15(16-5-7-18(8-6-16)25-19(27)17-3-4-17)24-20(28)21(9-12-22-13-10-21)26-14-2-11-23-26;/h2,5-8,11,14-15,17,22H,3-4,9-10,12-13H2,1H3,(H,24,28)(H,25,27);1H. The maximum atomic E-state index is 13.2. The second kappa shape index (κ2) is 8.97. The van der Waals surface area contributed by atoms with Gasteiger partial charge in [-0.1, -0.05) is 12.1 Å². The molecule has 4 rings (SSSR count). The highest BCUT2D eigenvalue weighted by atomic mass is 35.5. The van der Waals surface area contributed by atoms with Crippen molar-refractivity contribution in [1.29, 1.82) is 0 Å². The summed E-state index contributed by atoms with van der Waals surface area (Å²) in [7, 11) is 0. The quantitative estimate of drug-likeness (QED) is 0.674. The molecule has 2 fully saturated rings. The Hall–Kier alpha value is -2.38. The summed E-state index contributed by atoms with van der Waals surface area (Å²) in [5.41, 5.74) is 1.15. The Morgan fingerprint density at radius 3 is 2.48 bits per heavy atom. The van der Waals surface area contributed by atoms with Gasteiger partial charge in [0.2, 0.25) is 11.8 Å². The summed E-state index contributed by atoms with van der Waals surface area (Å²) in [6.07, 6.45) is 6.97. The van der Waals surface area contributed by atoms with Crippen molar-refractivity contribution in [3.63, 3.8) is 0 Å². The number of anilines is 1. The topological polar surface area (TPSA) is 88.1 Å². The van der Waals surface area contributed by atoms with Crippen LogP contribution >= 0.6 is 12.4 Å². The fourth-order valence-electron chi connectivity index (χ4n) is 3.78. The zero-order valence-corrected chi connectivity index (χ0v) is 17.4. The van der Waals surface area contributed by atoms with E-state index in [1.165, 1.54) is 0 Å². The van der Waals surface area contributed by atoms with E-state index in [-0.39, 0.29) is 36.2 Å². The van der Waals surface area contributed by atoms with Crippen LogP contribution < -0.4 is 16.0 Å². The lowest BCUT2D eigenvalue weighted by Gasteiger charge is -2.37. The normalized spacial score (nSPS) is 18.9. The zero-order valence-electron chi connectivity index (χ0n) is 16.6. The van der Waals surface area contributed by atoms with Crippen LogP contribution in [0.5, 0.6) is 0 Å². The lowest BCUT2D eigenvalue weighted by molar-refractivity contribution is -0.132. The Bertz CT molecular complexity index is 827. The number of hydrogen-bond acceptors (Lipinski definition) is 4. The molecule has 1 saturated heterocycles. The van der Waals surface area contributed by atoms with Gasteiger partial charge in [-0.2, -0.15) is 5.10 Å². The number of amides is 2. The molecule has 1 unspecified atom stereocenters. The SMILES string of the molecule is CC(NC(=O)C1(n2cccn2)CCNCC1)c1ccc(NC(=O)C2CC2)cc1.Cl. The van der Waals surface area contributed by atoms with Crippen molar-refractivity contribution in [2.24, 2.45) is 5.92 Å². The fourth-order valence-corrected chi connectivity index (χ4v) is 3.78. The first-order valence-corrected chi connectivity index (χ1v) is 10.0. The molecule has 3 N–H and O–H groups in total. The number of aromatic nitrogens is 2. The number of carbonyl (C=O) groups excluding carboxylic acids is 2. The third kappa shape index (κ3) is 4.62. The number of nitrogens with one attached hydrogen (secondary N) is 3. The minimum Gasteiger partial charge on any atom is -0.347 e. The molecule has 2 aromatic rings. The molecule has 2 heterocycles. The summed E-state index contributed by atoms with van der Waals surface area (Å²) in [5, 5.41) is 13.8. The van der Waals surface area contributed by atoms with E-state index in [9.17, 15) is 9.59 Å². The molecule has 0 bridgehead atoms. The van der Waals surface area contributed by atoms with Crippen LogP contribution in [0.4, 0.5) is 5.69 Å². The molecule has 29 heavy (non-hydrogen) atoms. The van der Waals surface area contributed by atoms with Crippen LogP contribution in [0.3, 0.4) is 0 Å². The van der Waals surface area contributed by atoms with E-state index < -0.39 is 5.54 Å². The number of piperidine rings is 1. The fraction of sp³-hybridized carbons (Fsp3) is 0.476. The molecule has 1 aliphatic carbocycles. The van der Waals surface area contributed by atoms with Crippen molar-refractivity contribution in [3.05, 3.63) is 48.3 Å². The van der Waals surface area contributed by atoms with Gasteiger partial charge in [0.05, 0.1) is 6.04 Å². The number of nitrogens with zero attached hydrogens (tertiary/aromatic N) is 2. The van der Waals surface area contributed by atoms with Crippen LogP contribution in [0.25, 0.3) is 0 Å². The first-order valence-electron chi connectivity index (χ1n) is 10.0. The van der Waals surface area contributed by atoms with Crippen molar-refractivity contribution in [1.82, 2.24) is 20.4 Å². The molecule has 7 nitrogen and oxygen atoms in total. The van der Waals surface area contributed by atoms with Crippen molar-refractivity contribution in [3.8, 4) is 0 Å². The van der Waals surface area contributed by atoms with Gasteiger partial charge in [-0.3, -0.25) is 14.3 Å². The van der Waals surface area contributed by atoms with Crippen LogP contribution in [0.15, 0.2) is 42.7 Å². The summed E-state index contributed by atoms with van der Waals surface area (Å²) in [5.74, 6) is 0.277. The third-order valence-corrected chi connectivity index (χ3v) is 5.77. The first-order chi connectivity index (χ1) is 13.6. The maximum absolute atomic E-state index is 13.2. The average molecular weight is 418 g/mol. The first kappa shape index (κ1) is 21.3. The minimum absolute atomic E-state index is 0. The molecule has 1 atom stereocenters. The van der Waals surface area contributed by atoms with Gasteiger partial charge in [-0.25, -0.2) is 0 Å². The lowest BCUT2D eigenvalue weighted by atomic mass is 9.87. The van der Waals surface area contributed by atoms with Gasteiger partial charge in [0.1, 0.15) is 5.54 Å². The highest BCUT2D eigenvalue weighted by Crippen LogP contribution is 2.31. The molecule has 1 aromatic carbocycles. The summed E-state index contributed by atoms with van der Waals surface area (Å²) in [6, 6.07) is 9.42. The largest absolute Gasteiger partial charge is 0.347 e. The summed E-state index contributed by atoms with van der Waals surface area (Å²) in [4.78, 5) is 25.1. The molecular formula is C21H28ClN5O2. The molecule has 8 heteroatoms. The molecule has 1 saturated carbocycles. The predicted octanol–water partition coefficient (Wildman–Crippen LogP) is 2.61. The molecule has 1 aromatic heterocycles. The van der Waals surface area contributed by atoms with Crippen molar-refractivity contribution in [2.45, 2.75) is 44.2 Å². The van der Waals surface area contributed by atoms with Crippen molar-refractivity contribution in [2.75, 3.05) is 18.4 Å². The molecular weight excluding hydrogens is 390 g/mol. The molecule has 2 amide bonds. The number of rotatable bonds is 6. The predicted molar refractivity (Wildman–Crippen MR) is 114 cm³/mol. The van der Waals surface area contributed by atoms with E-state index in [4.69, 9.17) is 0 Å². The van der Waals surface area contributed by atoms with E-state index in [0.717, 1.165) is 37.2 Å². The van der Waals surface area contributed by atoms with Gasteiger partial charge in [0.25, 0.3) is 0 Å². The van der Waals surface area contributed by atoms with Gasteiger partial charge >= 0.3 is 0 Å². The van der Waals surface area contributed by atoms with E-state index in [2.05, 4.69) is 21.0 Å². The molecule has 1 aliphatic heterocycles. The third-order valence-electron chi connectivity index (χ3n) is 5.77. The summed E-state index contributed by atoms with van der Waals surface area (Å²) >= 11 is 0. The zero-order chi connectivity index (χ0) is 19.6. The molecule has 2 aliphatic rings. The van der Waals surface area contributed by atoms with Crippen molar-refractivity contribution >= 4 is 29.9 Å². The summed E-state index contributed by atoms with van der Waals surface area (Å²) in [6.45, 7) is 3.56. The van der Waals surface area contributed by atoms with E-state index in [0.29, 0.717) is 12.8 Å². The smallest absolute Gasteiger partial charge is 0.248 e. The molecule has 0 radical (unpaired) electrons. The monoisotopic (exact) mass is 417 g/mol. The number of halogens is 1. The Balaban J connectivity index is 0.00000240. The van der Waals surface area contributed by atoms with Crippen LogP contribution in [-0.2, 0) is 15.1 Å². The number of hydrogen-bond donors (Lipinski definition) is 3. The highest BCUT2D eigenvalue weighted by molar-refractivity contribution is 5.94. The van der Waals surface area contributed by atoms with Gasteiger partial charge in [-0.15, -0.1) is 12.4 Å². The average Bonchev–Trinajstić information content (AvgIpc) is 3.43.